The van der Waals surface area contributed by atoms with Crippen LogP contribution in [-0.2, 0) is 4.79 Å². The van der Waals surface area contributed by atoms with Crippen molar-refractivity contribution in [3.63, 3.8) is 0 Å². The molecule has 2 aliphatic heterocycles. The molecule has 2 amide bonds. The fourth-order valence-corrected chi connectivity index (χ4v) is 6.22. The van der Waals surface area contributed by atoms with Gasteiger partial charge in [0.25, 0.3) is 5.91 Å². The number of hydrogen-bond donors (Lipinski definition) is 1. The minimum atomic E-state index is -0.0367. The Hall–Kier alpha value is -3.53. The fraction of sp³-hybridized carbons (Fsp3) is 0.519. The molecule has 5 heterocycles. The summed E-state index contributed by atoms with van der Waals surface area (Å²) < 4.78 is 2.10. The summed E-state index contributed by atoms with van der Waals surface area (Å²) in [7, 11) is 5.67. The predicted molar refractivity (Wildman–Crippen MR) is 142 cm³/mol. The molecule has 3 aromatic rings. The Kier molecular flexibility index (Phi) is 6.06. The lowest BCUT2D eigenvalue weighted by atomic mass is 10.1. The molecule has 10 heteroatoms. The molecule has 1 aliphatic carbocycles. The van der Waals surface area contributed by atoms with Crippen molar-refractivity contribution in [3.05, 3.63) is 36.3 Å². The molecule has 0 aromatic carbocycles. The monoisotopic (exact) mass is 502 g/mol. The highest BCUT2D eigenvalue weighted by Crippen LogP contribution is 2.36. The maximum Gasteiger partial charge on any atom is 0.270 e. The van der Waals surface area contributed by atoms with Gasteiger partial charge < -0.3 is 19.7 Å². The van der Waals surface area contributed by atoms with Crippen LogP contribution in [0, 0.1) is 0 Å². The molecule has 6 rings (SSSR count). The summed E-state index contributed by atoms with van der Waals surface area (Å²) in [6.07, 6.45) is 10.5. The summed E-state index contributed by atoms with van der Waals surface area (Å²) in [6, 6.07) is 6.58. The maximum atomic E-state index is 13.2. The van der Waals surface area contributed by atoms with E-state index in [9.17, 15) is 9.59 Å². The van der Waals surface area contributed by atoms with Crippen LogP contribution in [0.3, 0.4) is 0 Å². The lowest BCUT2D eigenvalue weighted by Crippen LogP contribution is -2.38. The molecule has 0 spiro atoms. The van der Waals surface area contributed by atoms with Crippen LogP contribution < -0.4 is 10.2 Å². The molecule has 3 aromatic heterocycles. The highest BCUT2D eigenvalue weighted by atomic mass is 16.2. The van der Waals surface area contributed by atoms with Gasteiger partial charge in [0.2, 0.25) is 11.9 Å². The van der Waals surface area contributed by atoms with Gasteiger partial charge in [0.15, 0.2) is 5.82 Å². The van der Waals surface area contributed by atoms with E-state index in [1.165, 1.54) is 0 Å². The minimum absolute atomic E-state index is 0.0367. The van der Waals surface area contributed by atoms with E-state index in [1.54, 1.807) is 31.4 Å². The van der Waals surface area contributed by atoms with Gasteiger partial charge in [0.1, 0.15) is 11.3 Å². The molecule has 3 aliphatic rings. The van der Waals surface area contributed by atoms with Gasteiger partial charge in [-0.2, -0.15) is 4.98 Å². The first-order chi connectivity index (χ1) is 17.9. The van der Waals surface area contributed by atoms with Gasteiger partial charge in [-0.3, -0.25) is 14.5 Å². The zero-order valence-electron chi connectivity index (χ0n) is 21.7. The molecular weight excluding hydrogens is 468 g/mol. The number of likely N-dealkylation sites (N-methyl/N-ethyl adjacent to an activating group) is 1. The normalized spacial score (nSPS) is 22.6. The third kappa shape index (κ3) is 4.22. The maximum absolute atomic E-state index is 13.2. The second-order valence-corrected chi connectivity index (χ2v) is 10.8. The van der Waals surface area contributed by atoms with Gasteiger partial charge in [0, 0.05) is 63.0 Å². The van der Waals surface area contributed by atoms with E-state index in [2.05, 4.69) is 31.8 Å². The molecule has 2 atom stereocenters. The molecule has 0 unspecified atom stereocenters. The average Bonchev–Trinajstić information content (AvgIpc) is 3.59. The Morgan fingerprint density at radius 3 is 2.65 bits per heavy atom. The van der Waals surface area contributed by atoms with Crippen LogP contribution in [0.5, 0.6) is 0 Å². The number of amides is 2. The van der Waals surface area contributed by atoms with Gasteiger partial charge in [-0.1, -0.05) is 12.8 Å². The fourth-order valence-electron chi connectivity index (χ4n) is 6.22. The van der Waals surface area contributed by atoms with Gasteiger partial charge in [-0.05, 0) is 50.9 Å². The highest BCUT2D eigenvalue weighted by molar-refractivity contribution is 5.98. The summed E-state index contributed by atoms with van der Waals surface area (Å²) in [5.74, 6) is 1.03. The largest absolute Gasteiger partial charge is 0.343 e. The summed E-state index contributed by atoms with van der Waals surface area (Å²) in [6.45, 7) is 0.645. The van der Waals surface area contributed by atoms with Crippen LogP contribution in [0.25, 0.3) is 11.0 Å². The Bertz CT molecular complexity index is 1350. The first-order valence-electron chi connectivity index (χ1n) is 13.2. The van der Waals surface area contributed by atoms with E-state index in [0.717, 1.165) is 55.2 Å². The van der Waals surface area contributed by atoms with Crippen LogP contribution in [0.1, 0.15) is 61.5 Å². The number of nitrogens with one attached hydrogen (secondary N) is 1. The van der Waals surface area contributed by atoms with Crippen LogP contribution in [0.15, 0.2) is 30.6 Å². The third-order valence-electron chi connectivity index (χ3n) is 8.29. The zero-order chi connectivity index (χ0) is 25.7. The van der Waals surface area contributed by atoms with E-state index in [4.69, 9.17) is 4.98 Å². The van der Waals surface area contributed by atoms with Gasteiger partial charge in [-0.25, -0.2) is 9.97 Å². The van der Waals surface area contributed by atoms with Crippen molar-refractivity contribution in [2.45, 2.75) is 63.1 Å². The van der Waals surface area contributed by atoms with Gasteiger partial charge >= 0.3 is 0 Å². The number of hydrogen-bond acceptors (Lipinski definition) is 7. The van der Waals surface area contributed by atoms with Crippen molar-refractivity contribution < 1.29 is 9.59 Å². The highest BCUT2D eigenvalue weighted by Gasteiger charge is 2.39. The van der Waals surface area contributed by atoms with Crippen LogP contribution in [0.4, 0.5) is 17.5 Å². The smallest absolute Gasteiger partial charge is 0.270 e. The Morgan fingerprint density at radius 2 is 1.86 bits per heavy atom. The van der Waals surface area contributed by atoms with Crippen LogP contribution >= 0.6 is 0 Å². The SMILES string of the molecule is CN(C)C(=O)c1cc2cnc(Nc3ncccc3N3C[C@H]4CC[C@@H](CC3=O)N4C)nc2n1C1CCCC1. The Balaban J connectivity index is 1.36. The van der Waals surface area contributed by atoms with E-state index < -0.39 is 0 Å². The number of aromatic nitrogens is 4. The molecule has 1 N–H and O–H groups in total. The quantitative estimate of drug-likeness (QED) is 0.569. The van der Waals surface area contributed by atoms with Gasteiger partial charge in [-0.15, -0.1) is 0 Å². The summed E-state index contributed by atoms with van der Waals surface area (Å²) in [5, 5.41) is 4.13. The van der Waals surface area contributed by atoms with Crippen molar-refractivity contribution in [1.82, 2.24) is 29.3 Å². The molecule has 3 fully saturated rings. The Labute approximate surface area is 216 Å². The molecule has 2 bridgehead atoms. The van der Waals surface area contributed by atoms with E-state index >= 15 is 0 Å². The lowest BCUT2D eigenvalue weighted by Gasteiger charge is -2.27. The second-order valence-electron chi connectivity index (χ2n) is 10.8. The lowest BCUT2D eigenvalue weighted by molar-refractivity contribution is -0.119. The first-order valence-corrected chi connectivity index (χ1v) is 13.2. The Morgan fingerprint density at radius 1 is 1.08 bits per heavy atom. The summed E-state index contributed by atoms with van der Waals surface area (Å²) in [5.41, 5.74) is 2.13. The zero-order valence-corrected chi connectivity index (χ0v) is 21.7. The minimum Gasteiger partial charge on any atom is -0.343 e. The van der Waals surface area contributed by atoms with E-state index in [1.807, 2.05) is 23.1 Å². The van der Waals surface area contributed by atoms with E-state index in [0.29, 0.717) is 42.5 Å². The molecule has 10 nitrogen and oxygen atoms in total. The first kappa shape index (κ1) is 23.8. The number of rotatable bonds is 5. The number of nitrogens with zero attached hydrogens (tertiary/aromatic N) is 7. The number of anilines is 3. The number of carbonyl (C=O) groups is 2. The van der Waals surface area contributed by atoms with Crippen molar-refractivity contribution >= 4 is 40.3 Å². The third-order valence-corrected chi connectivity index (χ3v) is 8.29. The summed E-state index contributed by atoms with van der Waals surface area (Å²) >= 11 is 0. The molecular formula is C27H34N8O2. The van der Waals surface area contributed by atoms with Crippen LogP contribution in [-0.4, -0.2) is 80.9 Å². The van der Waals surface area contributed by atoms with E-state index in [-0.39, 0.29) is 17.9 Å². The molecule has 0 radical (unpaired) electrons. The van der Waals surface area contributed by atoms with Crippen LogP contribution in [0.2, 0.25) is 0 Å². The van der Waals surface area contributed by atoms with Crippen molar-refractivity contribution in [2.75, 3.05) is 37.9 Å². The number of carbonyl (C=O) groups excluding carboxylic acids is 2. The standard InChI is InChI=1S/C27H34N8O2/c1-32(2)26(37)22-13-17-15-29-27(31-25(17)35(22)18-7-4-5-8-18)30-24-21(9-6-12-28-24)34-16-20-11-10-19(33(20)3)14-23(34)36/h6,9,12-13,15,18-20H,4-5,7-8,10-11,14,16H2,1-3H3,(H,28,29,30,31)/t19-,20+/m0/s1. The number of pyridine rings is 1. The topological polar surface area (TPSA) is 99.5 Å². The molecule has 1 saturated carbocycles. The summed E-state index contributed by atoms with van der Waals surface area (Å²) in [4.78, 5) is 46.0. The average molecular weight is 503 g/mol. The van der Waals surface area contributed by atoms with Crippen molar-refractivity contribution in [3.8, 4) is 0 Å². The molecule has 2 saturated heterocycles. The second kappa shape index (κ2) is 9.41. The predicted octanol–water partition coefficient (Wildman–Crippen LogP) is 3.59. The van der Waals surface area contributed by atoms with Crippen molar-refractivity contribution in [2.24, 2.45) is 0 Å². The van der Waals surface area contributed by atoms with Crippen molar-refractivity contribution in [1.29, 1.82) is 0 Å². The molecule has 37 heavy (non-hydrogen) atoms. The number of fused-ring (bicyclic) bond motifs is 3. The molecule has 194 valence electrons. The van der Waals surface area contributed by atoms with Gasteiger partial charge in [0.05, 0.1) is 5.69 Å².